The van der Waals surface area contributed by atoms with Crippen LogP contribution in [0.3, 0.4) is 0 Å². The van der Waals surface area contributed by atoms with Crippen molar-refractivity contribution in [2.75, 3.05) is 19.8 Å². The number of rotatable bonds is 6. The van der Waals surface area contributed by atoms with Crippen LogP contribution in [0.4, 0.5) is 0 Å². The lowest BCUT2D eigenvalue weighted by Gasteiger charge is -2.39. The van der Waals surface area contributed by atoms with E-state index in [0.717, 1.165) is 31.3 Å². The van der Waals surface area contributed by atoms with E-state index in [1.54, 1.807) is 11.3 Å². The summed E-state index contributed by atoms with van der Waals surface area (Å²) < 4.78 is 12.1. The lowest BCUT2D eigenvalue weighted by Crippen LogP contribution is -2.50. The maximum absolute atomic E-state index is 6.14. The zero-order chi connectivity index (χ0) is 16.4. The fourth-order valence-electron chi connectivity index (χ4n) is 3.90. The number of fused-ring (bicyclic) bond motifs is 1. The highest BCUT2D eigenvalue weighted by atomic mass is 32.1. The highest BCUT2D eigenvalue weighted by molar-refractivity contribution is 7.11. The molecule has 3 unspecified atom stereocenters. The topological polar surface area (TPSA) is 34.6 Å². The van der Waals surface area contributed by atoms with Crippen LogP contribution in [0.1, 0.15) is 27.6 Å². The normalized spacial score (nSPS) is 27.5. The van der Waals surface area contributed by atoms with Gasteiger partial charge in [0.15, 0.2) is 0 Å². The minimum absolute atomic E-state index is 0.330. The molecule has 0 amide bonds. The summed E-state index contributed by atoms with van der Waals surface area (Å²) in [7, 11) is 0. The molecule has 4 nitrogen and oxygen atoms in total. The smallest absolute Gasteiger partial charge is 0.118 e. The summed E-state index contributed by atoms with van der Waals surface area (Å²) in [6, 6.07) is 5.05. The van der Waals surface area contributed by atoms with Crippen molar-refractivity contribution in [1.82, 2.24) is 9.88 Å². The van der Waals surface area contributed by atoms with Crippen molar-refractivity contribution in [3.05, 3.63) is 38.5 Å². The first-order valence-corrected chi connectivity index (χ1v) is 10.4. The standard InChI is InChI=1S/C18H24N2O2S2/c1-13-2-4-15(24-13)10-20-7-8-22-18-14(3-5-16(18)20)11-21-12-17-19-6-9-23-17/h2,4,6,9,14,16,18H,3,5,7-8,10-12H2,1H3. The molecule has 4 rings (SSSR count). The summed E-state index contributed by atoms with van der Waals surface area (Å²) in [6.07, 6.45) is 4.59. The summed E-state index contributed by atoms with van der Waals surface area (Å²) in [6.45, 7) is 6.55. The van der Waals surface area contributed by atoms with Crippen LogP contribution in [0.2, 0.25) is 0 Å². The molecule has 3 atom stereocenters. The SMILES string of the molecule is Cc1ccc(CN2CCOC3C(COCc4nccs4)CCC32)s1. The Morgan fingerprint density at radius 1 is 1.38 bits per heavy atom. The van der Waals surface area contributed by atoms with E-state index in [2.05, 4.69) is 28.9 Å². The molecule has 2 aliphatic rings. The van der Waals surface area contributed by atoms with Gasteiger partial charge in [0.2, 0.25) is 0 Å². The van der Waals surface area contributed by atoms with Crippen molar-refractivity contribution in [2.45, 2.75) is 45.1 Å². The molecule has 0 N–H and O–H groups in total. The largest absolute Gasteiger partial charge is 0.375 e. The van der Waals surface area contributed by atoms with Crippen LogP contribution in [0.5, 0.6) is 0 Å². The van der Waals surface area contributed by atoms with Crippen LogP contribution in [0.15, 0.2) is 23.7 Å². The third kappa shape index (κ3) is 3.73. The van der Waals surface area contributed by atoms with Gasteiger partial charge in [-0.05, 0) is 31.9 Å². The van der Waals surface area contributed by atoms with Crippen molar-refractivity contribution in [2.24, 2.45) is 5.92 Å². The Morgan fingerprint density at radius 2 is 2.33 bits per heavy atom. The minimum Gasteiger partial charge on any atom is -0.375 e. The quantitative estimate of drug-likeness (QED) is 0.783. The molecule has 1 aliphatic carbocycles. The number of morpholine rings is 1. The van der Waals surface area contributed by atoms with E-state index in [-0.39, 0.29) is 0 Å². The second-order valence-electron chi connectivity index (χ2n) is 6.66. The van der Waals surface area contributed by atoms with Crippen LogP contribution in [-0.2, 0) is 22.6 Å². The fourth-order valence-corrected chi connectivity index (χ4v) is 5.37. The van der Waals surface area contributed by atoms with Crippen LogP contribution in [0, 0.1) is 12.8 Å². The van der Waals surface area contributed by atoms with Crippen molar-refractivity contribution in [1.29, 1.82) is 0 Å². The molecule has 6 heteroatoms. The number of ether oxygens (including phenoxy) is 2. The van der Waals surface area contributed by atoms with E-state index >= 15 is 0 Å². The maximum Gasteiger partial charge on any atom is 0.118 e. The van der Waals surface area contributed by atoms with E-state index in [4.69, 9.17) is 9.47 Å². The van der Waals surface area contributed by atoms with Gasteiger partial charge in [0.1, 0.15) is 5.01 Å². The minimum atomic E-state index is 0.330. The Bertz CT molecular complexity index is 643. The summed E-state index contributed by atoms with van der Waals surface area (Å²) in [5.74, 6) is 0.517. The molecular weight excluding hydrogens is 340 g/mol. The van der Waals surface area contributed by atoms with Crippen LogP contribution in [0.25, 0.3) is 0 Å². The molecule has 0 spiro atoms. The second kappa shape index (κ2) is 7.62. The number of hydrogen-bond acceptors (Lipinski definition) is 6. The van der Waals surface area contributed by atoms with Crippen molar-refractivity contribution in [3.8, 4) is 0 Å². The predicted molar refractivity (Wildman–Crippen MR) is 97.5 cm³/mol. The molecule has 0 aromatic carbocycles. The van der Waals surface area contributed by atoms with Crippen LogP contribution in [-0.4, -0.2) is 41.8 Å². The van der Waals surface area contributed by atoms with Gasteiger partial charge < -0.3 is 9.47 Å². The van der Waals surface area contributed by atoms with Gasteiger partial charge in [-0.25, -0.2) is 4.98 Å². The van der Waals surface area contributed by atoms with Gasteiger partial charge >= 0.3 is 0 Å². The van der Waals surface area contributed by atoms with Gasteiger partial charge in [0, 0.05) is 46.4 Å². The molecular formula is C18H24N2O2S2. The summed E-state index contributed by atoms with van der Waals surface area (Å²) in [5.41, 5.74) is 0. The number of aryl methyl sites for hydroxylation is 1. The van der Waals surface area contributed by atoms with Crippen molar-refractivity contribution < 1.29 is 9.47 Å². The lowest BCUT2D eigenvalue weighted by atomic mass is 10.0. The van der Waals surface area contributed by atoms with E-state index < -0.39 is 0 Å². The third-order valence-corrected chi connectivity index (χ3v) is 6.77. The molecule has 0 bridgehead atoms. The van der Waals surface area contributed by atoms with E-state index in [0.29, 0.717) is 24.7 Å². The summed E-state index contributed by atoms with van der Waals surface area (Å²) >= 11 is 3.57. The summed E-state index contributed by atoms with van der Waals surface area (Å²) in [5, 5.41) is 3.06. The number of thiophene rings is 1. The number of hydrogen-bond donors (Lipinski definition) is 0. The van der Waals surface area contributed by atoms with Crippen LogP contribution < -0.4 is 0 Å². The number of nitrogens with zero attached hydrogens (tertiary/aromatic N) is 2. The zero-order valence-corrected chi connectivity index (χ0v) is 15.7. The average molecular weight is 365 g/mol. The van der Waals surface area contributed by atoms with Crippen molar-refractivity contribution >= 4 is 22.7 Å². The average Bonchev–Trinajstić information content (AvgIpc) is 3.30. The first-order valence-electron chi connectivity index (χ1n) is 8.66. The first-order chi connectivity index (χ1) is 11.8. The second-order valence-corrected chi connectivity index (χ2v) is 9.02. The maximum atomic E-state index is 6.14. The first kappa shape index (κ1) is 16.7. The molecule has 1 saturated heterocycles. The van der Waals surface area contributed by atoms with Gasteiger partial charge in [0.05, 0.1) is 25.9 Å². The monoisotopic (exact) mass is 364 g/mol. The molecule has 130 valence electrons. The Kier molecular flexibility index (Phi) is 5.29. The van der Waals surface area contributed by atoms with Gasteiger partial charge in [-0.2, -0.15) is 0 Å². The molecule has 24 heavy (non-hydrogen) atoms. The summed E-state index contributed by atoms with van der Waals surface area (Å²) in [4.78, 5) is 9.77. The third-order valence-electron chi connectivity index (χ3n) is 5.03. The zero-order valence-electron chi connectivity index (χ0n) is 14.0. The highest BCUT2D eigenvalue weighted by Crippen LogP contribution is 2.36. The van der Waals surface area contributed by atoms with E-state index in [1.165, 1.54) is 22.6 Å². The van der Waals surface area contributed by atoms with Crippen LogP contribution >= 0.6 is 22.7 Å². The fraction of sp³-hybridized carbons (Fsp3) is 0.611. The highest BCUT2D eigenvalue weighted by Gasteiger charge is 2.42. The van der Waals surface area contributed by atoms with Gasteiger partial charge in [-0.3, -0.25) is 4.90 Å². The Morgan fingerprint density at radius 3 is 3.12 bits per heavy atom. The predicted octanol–water partition coefficient (Wildman–Crippen LogP) is 3.71. The number of thiazole rings is 1. The molecule has 1 aliphatic heterocycles. The molecule has 2 aromatic heterocycles. The Labute approximate surface area is 151 Å². The molecule has 0 radical (unpaired) electrons. The van der Waals surface area contributed by atoms with E-state index in [9.17, 15) is 0 Å². The number of aromatic nitrogens is 1. The molecule has 2 fully saturated rings. The molecule has 1 saturated carbocycles. The molecule has 2 aromatic rings. The van der Waals surface area contributed by atoms with Crippen molar-refractivity contribution in [3.63, 3.8) is 0 Å². The van der Waals surface area contributed by atoms with Gasteiger partial charge in [-0.15, -0.1) is 22.7 Å². The van der Waals surface area contributed by atoms with E-state index in [1.807, 2.05) is 22.9 Å². The Hall–Kier alpha value is -0.790. The van der Waals surface area contributed by atoms with Gasteiger partial charge in [0.25, 0.3) is 0 Å². The van der Waals surface area contributed by atoms with Gasteiger partial charge in [-0.1, -0.05) is 0 Å². The lowest BCUT2D eigenvalue weighted by molar-refractivity contribution is -0.0889. The molecule has 3 heterocycles. The Balaban J connectivity index is 1.32.